The van der Waals surface area contributed by atoms with Crippen LogP contribution in [-0.2, 0) is 0 Å². The summed E-state index contributed by atoms with van der Waals surface area (Å²) in [7, 11) is 0. The fourth-order valence-corrected chi connectivity index (χ4v) is 5.67. The molecule has 5 aromatic carbocycles. The molecule has 7 aromatic rings. The molecule has 0 atom stereocenters. The molecule has 194 valence electrons. The Hall–Kier alpha value is -6.10. The smallest absolute Gasteiger partial charge is 0.140 e. The zero-order chi connectivity index (χ0) is 28.5. The maximum Gasteiger partial charge on any atom is 0.140 e. The normalized spacial score (nSPS) is 10.8. The summed E-state index contributed by atoms with van der Waals surface area (Å²) in [6.45, 7) is 0. The average molecular weight is 535 g/mol. The molecule has 0 aliphatic heterocycles. The van der Waals surface area contributed by atoms with Crippen molar-refractivity contribution in [2.24, 2.45) is 0 Å². The van der Waals surface area contributed by atoms with Gasteiger partial charge in [0.2, 0.25) is 0 Å². The quantitative estimate of drug-likeness (QED) is 0.211. The highest BCUT2D eigenvalue weighted by atomic mass is 14.7. The third-order valence-electron chi connectivity index (χ3n) is 7.70. The molecule has 0 amide bonds. The van der Waals surface area contributed by atoms with Crippen LogP contribution in [0.3, 0.4) is 0 Å². The van der Waals surface area contributed by atoms with Crippen LogP contribution in [0.1, 0.15) is 11.4 Å². The van der Waals surface area contributed by atoms with E-state index in [9.17, 15) is 0 Å². The predicted octanol–water partition coefficient (Wildman–Crippen LogP) is 9.19. The lowest BCUT2D eigenvalue weighted by Gasteiger charge is -2.18. The third-order valence-corrected chi connectivity index (χ3v) is 7.70. The van der Waals surface area contributed by atoms with E-state index >= 15 is 0 Å². The van der Waals surface area contributed by atoms with Crippen LogP contribution in [-0.4, -0.2) is 9.97 Å². The van der Waals surface area contributed by atoms with Gasteiger partial charge in [0, 0.05) is 23.5 Å². The molecule has 0 N–H and O–H groups in total. The van der Waals surface area contributed by atoms with Gasteiger partial charge in [-0.25, -0.2) is 9.97 Å². The van der Waals surface area contributed by atoms with E-state index in [1.54, 1.807) is 24.5 Å². The van der Waals surface area contributed by atoms with Gasteiger partial charge in [-0.2, -0.15) is 10.5 Å². The van der Waals surface area contributed by atoms with Crippen LogP contribution < -0.4 is 0 Å². The second-order valence-electron chi connectivity index (χ2n) is 10.1. The van der Waals surface area contributed by atoms with Crippen LogP contribution in [0.5, 0.6) is 0 Å². The van der Waals surface area contributed by atoms with Gasteiger partial charge in [-0.15, -0.1) is 0 Å². The summed E-state index contributed by atoms with van der Waals surface area (Å²) in [6, 6.07) is 45.9. The Labute approximate surface area is 243 Å². The number of pyridine rings is 2. The summed E-state index contributed by atoms with van der Waals surface area (Å²) in [4.78, 5) is 8.46. The molecule has 0 fully saturated rings. The summed E-state index contributed by atoms with van der Waals surface area (Å²) >= 11 is 0. The summed E-state index contributed by atoms with van der Waals surface area (Å²) in [6.07, 6.45) is 3.49. The van der Waals surface area contributed by atoms with E-state index in [1.165, 1.54) is 32.7 Å². The SMILES string of the molecule is N#Cc1ccc(-c2ccc(-c3c4ccccc4c(-c4ccc(-c5ccc(C#N)nc5)cc4)c4ccccc34)cc2)cn1. The fourth-order valence-electron chi connectivity index (χ4n) is 5.67. The molecule has 7 rings (SSSR count). The van der Waals surface area contributed by atoms with E-state index in [4.69, 9.17) is 10.5 Å². The second-order valence-corrected chi connectivity index (χ2v) is 10.1. The summed E-state index contributed by atoms with van der Waals surface area (Å²) < 4.78 is 0. The van der Waals surface area contributed by atoms with Crippen molar-refractivity contribution in [2.75, 3.05) is 0 Å². The number of hydrogen-bond donors (Lipinski definition) is 0. The Morgan fingerprint density at radius 2 is 0.667 bits per heavy atom. The lowest BCUT2D eigenvalue weighted by Crippen LogP contribution is -1.91. The minimum atomic E-state index is 0.411. The molecular weight excluding hydrogens is 512 g/mol. The maximum absolute atomic E-state index is 9.08. The van der Waals surface area contributed by atoms with E-state index in [1.807, 2.05) is 12.1 Å². The number of fused-ring (bicyclic) bond motifs is 2. The van der Waals surface area contributed by atoms with Crippen molar-refractivity contribution in [3.63, 3.8) is 0 Å². The number of hydrogen-bond acceptors (Lipinski definition) is 4. The molecule has 0 aliphatic rings. The monoisotopic (exact) mass is 534 g/mol. The highest BCUT2D eigenvalue weighted by Gasteiger charge is 2.16. The van der Waals surface area contributed by atoms with Crippen LogP contribution in [0, 0.1) is 22.7 Å². The minimum Gasteiger partial charge on any atom is -0.245 e. The predicted molar refractivity (Wildman–Crippen MR) is 168 cm³/mol. The van der Waals surface area contributed by atoms with Crippen molar-refractivity contribution in [3.05, 3.63) is 145 Å². The van der Waals surface area contributed by atoms with Gasteiger partial charge in [0.05, 0.1) is 0 Å². The number of rotatable bonds is 4. The largest absolute Gasteiger partial charge is 0.245 e. The van der Waals surface area contributed by atoms with E-state index < -0.39 is 0 Å². The van der Waals surface area contributed by atoms with Crippen molar-refractivity contribution in [1.29, 1.82) is 10.5 Å². The lowest BCUT2D eigenvalue weighted by molar-refractivity contribution is 1.26. The molecule has 42 heavy (non-hydrogen) atoms. The number of nitrogens with zero attached hydrogens (tertiary/aromatic N) is 4. The summed E-state index contributed by atoms with van der Waals surface area (Å²) in [5.74, 6) is 0. The first-order valence-electron chi connectivity index (χ1n) is 13.6. The van der Waals surface area contributed by atoms with Gasteiger partial charge in [-0.05, 0) is 79.2 Å². The van der Waals surface area contributed by atoms with Gasteiger partial charge in [0.15, 0.2) is 0 Å². The molecule has 0 aliphatic carbocycles. The van der Waals surface area contributed by atoms with Gasteiger partial charge in [0.1, 0.15) is 23.5 Å². The zero-order valence-electron chi connectivity index (χ0n) is 22.5. The highest BCUT2D eigenvalue weighted by molar-refractivity contribution is 6.21. The Morgan fingerprint density at radius 3 is 0.952 bits per heavy atom. The molecule has 0 spiro atoms. The van der Waals surface area contributed by atoms with E-state index in [0.717, 1.165) is 33.4 Å². The van der Waals surface area contributed by atoms with E-state index in [2.05, 4.69) is 119 Å². The van der Waals surface area contributed by atoms with E-state index in [0.29, 0.717) is 11.4 Å². The van der Waals surface area contributed by atoms with Crippen molar-refractivity contribution < 1.29 is 0 Å². The number of nitriles is 2. The van der Waals surface area contributed by atoms with Gasteiger partial charge in [0.25, 0.3) is 0 Å². The Balaban J connectivity index is 1.36. The van der Waals surface area contributed by atoms with Gasteiger partial charge < -0.3 is 0 Å². The summed E-state index contributed by atoms with van der Waals surface area (Å²) in [5.41, 5.74) is 9.58. The zero-order valence-corrected chi connectivity index (χ0v) is 22.5. The van der Waals surface area contributed by atoms with Crippen LogP contribution >= 0.6 is 0 Å². The molecule has 0 bridgehead atoms. The minimum absolute atomic E-state index is 0.411. The van der Waals surface area contributed by atoms with Crippen molar-refractivity contribution in [1.82, 2.24) is 9.97 Å². The molecule has 0 saturated carbocycles. The molecule has 2 heterocycles. The van der Waals surface area contributed by atoms with Crippen molar-refractivity contribution in [2.45, 2.75) is 0 Å². The maximum atomic E-state index is 9.08. The molecule has 0 saturated heterocycles. The van der Waals surface area contributed by atoms with Crippen molar-refractivity contribution in [3.8, 4) is 56.6 Å². The summed E-state index contributed by atoms with van der Waals surface area (Å²) in [5, 5.41) is 22.9. The molecular formula is C38H22N4. The van der Waals surface area contributed by atoms with Crippen molar-refractivity contribution >= 4 is 21.5 Å². The van der Waals surface area contributed by atoms with Gasteiger partial charge in [-0.1, -0.05) is 97.1 Å². The Morgan fingerprint density at radius 1 is 0.357 bits per heavy atom. The van der Waals surface area contributed by atoms with Crippen LogP contribution in [0.4, 0.5) is 0 Å². The van der Waals surface area contributed by atoms with E-state index in [-0.39, 0.29) is 0 Å². The van der Waals surface area contributed by atoms with Crippen LogP contribution in [0.2, 0.25) is 0 Å². The number of aromatic nitrogens is 2. The number of benzene rings is 5. The third kappa shape index (κ3) is 4.34. The Kier molecular flexibility index (Phi) is 6.21. The molecule has 0 unspecified atom stereocenters. The topological polar surface area (TPSA) is 73.4 Å². The highest BCUT2D eigenvalue weighted by Crippen LogP contribution is 2.44. The van der Waals surface area contributed by atoms with Crippen LogP contribution in [0.25, 0.3) is 66.1 Å². The molecule has 2 aromatic heterocycles. The first kappa shape index (κ1) is 24.9. The standard InChI is InChI=1S/C38H22N4/c39-21-31-19-17-29(23-41-31)25-9-13-27(14-10-25)37-33-5-1-2-6-34(33)38(36-8-4-3-7-35(36)37)28-15-11-26(12-16-28)30-18-20-32(22-40)42-24-30/h1-20,23-24H. The molecule has 0 radical (unpaired) electrons. The first-order valence-corrected chi connectivity index (χ1v) is 13.6. The fraction of sp³-hybridized carbons (Fsp3) is 0. The van der Waals surface area contributed by atoms with Gasteiger partial charge >= 0.3 is 0 Å². The molecule has 4 nitrogen and oxygen atoms in total. The molecule has 4 heteroatoms. The lowest BCUT2D eigenvalue weighted by atomic mass is 9.85. The first-order chi connectivity index (χ1) is 20.7. The Bertz CT molecular complexity index is 1950. The second kappa shape index (κ2) is 10.5. The van der Waals surface area contributed by atoms with Gasteiger partial charge in [-0.3, -0.25) is 0 Å². The average Bonchev–Trinajstić information content (AvgIpc) is 3.07. The van der Waals surface area contributed by atoms with Crippen LogP contribution in [0.15, 0.2) is 134 Å².